The predicted molar refractivity (Wildman–Crippen MR) is 74.2 cm³/mol. The van der Waals surface area contributed by atoms with E-state index in [0.717, 1.165) is 18.9 Å². The molecule has 1 aromatic rings. The summed E-state index contributed by atoms with van der Waals surface area (Å²) in [7, 11) is 0. The van der Waals surface area contributed by atoms with E-state index in [1.54, 1.807) is 0 Å². The van der Waals surface area contributed by atoms with Crippen LogP contribution < -0.4 is 5.32 Å². The van der Waals surface area contributed by atoms with Gasteiger partial charge in [-0.25, -0.2) is 0 Å². The Morgan fingerprint density at radius 1 is 1.33 bits per heavy atom. The summed E-state index contributed by atoms with van der Waals surface area (Å²) in [4.78, 5) is 10.3. The van der Waals surface area contributed by atoms with Crippen molar-refractivity contribution in [2.45, 2.75) is 45.3 Å². The zero-order valence-electron chi connectivity index (χ0n) is 12.0. The van der Waals surface area contributed by atoms with Crippen LogP contribution in [0.1, 0.15) is 37.8 Å². The van der Waals surface area contributed by atoms with E-state index in [1.807, 2.05) is 13.8 Å². The Morgan fingerprint density at radius 3 is 2.48 bits per heavy atom. The number of nitrogens with zero attached hydrogens (tertiary/aromatic N) is 1. The van der Waals surface area contributed by atoms with E-state index in [4.69, 9.17) is 0 Å². The first-order chi connectivity index (χ1) is 9.79. The quantitative estimate of drug-likeness (QED) is 0.613. The molecule has 118 valence electrons. The number of nitro groups is 1. The summed E-state index contributed by atoms with van der Waals surface area (Å²) in [5, 5.41) is 14.2. The highest BCUT2D eigenvalue weighted by Gasteiger charge is 2.33. The van der Waals surface area contributed by atoms with Crippen LogP contribution in [0.25, 0.3) is 0 Å². The van der Waals surface area contributed by atoms with Gasteiger partial charge in [0.15, 0.2) is 0 Å². The molecular formula is C14H19F3N2O2. The Labute approximate surface area is 121 Å². The average molecular weight is 304 g/mol. The molecule has 7 heteroatoms. The molecule has 0 bridgehead atoms. The monoisotopic (exact) mass is 304 g/mol. The number of rotatable bonds is 7. The first kappa shape index (κ1) is 17.4. The van der Waals surface area contributed by atoms with Gasteiger partial charge in [0.2, 0.25) is 0 Å². The van der Waals surface area contributed by atoms with Crippen molar-refractivity contribution in [1.29, 1.82) is 0 Å². The third-order valence-electron chi connectivity index (χ3n) is 3.21. The van der Waals surface area contributed by atoms with Gasteiger partial charge >= 0.3 is 6.18 Å². The number of benzene rings is 1. The number of halogens is 3. The van der Waals surface area contributed by atoms with E-state index in [9.17, 15) is 23.3 Å². The van der Waals surface area contributed by atoms with Crippen molar-refractivity contribution in [3.05, 3.63) is 39.4 Å². The van der Waals surface area contributed by atoms with Gasteiger partial charge in [-0.3, -0.25) is 10.1 Å². The summed E-state index contributed by atoms with van der Waals surface area (Å²) in [6.07, 6.45) is -2.53. The van der Waals surface area contributed by atoms with Crippen molar-refractivity contribution >= 4 is 5.69 Å². The Balaban J connectivity index is 3.08. The molecule has 0 amide bonds. The summed E-state index contributed by atoms with van der Waals surface area (Å²) < 4.78 is 37.9. The second-order valence-corrected chi connectivity index (χ2v) is 4.85. The van der Waals surface area contributed by atoms with Crippen LogP contribution in [0.5, 0.6) is 0 Å². The molecule has 0 saturated carbocycles. The fourth-order valence-corrected chi connectivity index (χ4v) is 2.26. The third-order valence-corrected chi connectivity index (χ3v) is 3.21. The van der Waals surface area contributed by atoms with Gasteiger partial charge in [-0.15, -0.1) is 0 Å². The summed E-state index contributed by atoms with van der Waals surface area (Å²) >= 11 is 0. The summed E-state index contributed by atoms with van der Waals surface area (Å²) in [5.74, 6) is 0. The molecule has 1 aromatic carbocycles. The predicted octanol–water partition coefficient (Wildman–Crippen LogP) is 3.93. The van der Waals surface area contributed by atoms with Gasteiger partial charge in [-0.05, 0) is 25.5 Å². The second-order valence-electron chi connectivity index (χ2n) is 4.85. The molecule has 1 unspecified atom stereocenters. The normalized spacial score (nSPS) is 13.2. The van der Waals surface area contributed by atoms with Crippen LogP contribution in [0, 0.1) is 10.1 Å². The van der Waals surface area contributed by atoms with Crippen molar-refractivity contribution in [3.63, 3.8) is 0 Å². The molecule has 0 fully saturated rings. The molecule has 0 aromatic heterocycles. The minimum absolute atomic E-state index is 0.0236. The van der Waals surface area contributed by atoms with Crippen molar-refractivity contribution in [1.82, 2.24) is 5.32 Å². The van der Waals surface area contributed by atoms with Crippen LogP contribution in [-0.4, -0.2) is 17.5 Å². The SMILES string of the molecule is CCCC(Cc1ccc(C(F)(F)F)cc1[N+](=O)[O-])NCC. The first-order valence-electron chi connectivity index (χ1n) is 6.87. The van der Waals surface area contributed by atoms with E-state index in [2.05, 4.69) is 5.32 Å². The standard InChI is InChI=1S/C14H19F3N2O2/c1-3-5-12(18-4-2)8-10-6-7-11(14(15,16)17)9-13(10)19(20)21/h6-7,9,12,18H,3-5,8H2,1-2H3. The van der Waals surface area contributed by atoms with E-state index < -0.39 is 22.4 Å². The van der Waals surface area contributed by atoms with Crippen molar-refractivity contribution in [2.75, 3.05) is 6.54 Å². The minimum Gasteiger partial charge on any atom is -0.314 e. The molecule has 0 saturated heterocycles. The molecule has 0 heterocycles. The lowest BCUT2D eigenvalue weighted by Crippen LogP contribution is -2.31. The topological polar surface area (TPSA) is 55.2 Å². The number of nitrogens with one attached hydrogen (secondary N) is 1. The zero-order valence-corrected chi connectivity index (χ0v) is 12.0. The fraction of sp³-hybridized carbons (Fsp3) is 0.571. The largest absolute Gasteiger partial charge is 0.416 e. The van der Waals surface area contributed by atoms with Gasteiger partial charge in [0, 0.05) is 17.7 Å². The van der Waals surface area contributed by atoms with Crippen molar-refractivity contribution in [3.8, 4) is 0 Å². The molecule has 0 spiro atoms. The molecule has 1 rings (SSSR count). The number of hydrogen-bond donors (Lipinski definition) is 1. The maximum atomic E-state index is 12.6. The maximum absolute atomic E-state index is 12.6. The van der Waals surface area contributed by atoms with Crippen LogP contribution >= 0.6 is 0 Å². The van der Waals surface area contributed by atoms with Crippen molar-refractivity contribution in [2.24, 2.45) is 0 Å². The maximum Gasteiger partial charge on any atom is 0.416 e. The van der Waals surface area contributed by atoms with Gasteiger partial charge in [-0.1, -0.05) is 26.3 Å². The van der Waals surface area contributed by atoms with Gasteiger partial charge < -0.3 is 5.32 Å². The molecule has 4 nitrogen and oxygen atoms in total. The van der Waals surface area contributed by atoms with Gasteiger partial charge in [-0.2, -0.15) is 13.2 Å². The lowest BCUT2D eigenvalue weighted by Gasteiger charge is -2.17. The Kier molecular flexibility index (Phi) is 6.14. The van der Waals surface area contributed by atoms with Crippen molar-refractivity contribution < 1.29 is 18.1 Å². The van der Waals surface area contributed by atoms with Crippen LogP contribution in [-0.2, 0) is 12.6 Å². The molecule has 0 radical (unpaired) electrons. The second kappa shape index (κ2) is 7.40. The van der Waals surface area contributed by atoms with Gasteiger partial charge in [0.05, 0.1) is 10.5 Å². The van der Waals surface area contributed by atoms with Crippen LogP contribution in [0.2, 0.25) is 0 Å². The van der Waals surface area contributed by atoms with E-state index in [-0.39, 0.29) is 6.04 Å². The highest BCUT2D eigenvalue weighted by Crippen LogP contribution is 2.33. The molecule has 0 aliphatic carbocycles. The number of nitro benzene ring substituents is 1. The van der Waals surface area contributed by atoms with Crippen LogP contribution in [0.15, 0.2) is 18.2 Å². The number of likely N-dealkylation sites (N-methyl/N-ethyl adjacent to an activating group) is 1. The van der Waals surface area contributed by atoms with E-state index in [0.29, 0.717) is 24.6 Å². The summed E-state index contributed by atoms with van der Waals surface area (Å²) in [6, 6.07) is 2.75. The highest BCUT2D eigenvalue weighted by atomic mass is 19.4. The molecule has 1 N–H and O–H groups in total. The average Bonchev–Trinajstić information content (AvgIpc) is 2.38. The number of alkyl halides is 3. The van der Waals surface area contributed by atoms with Crippen LogP contribution in [0.3, 0.4) is 0 Å². The summed E-state index contributed by atoms with van der Waals surface area (Å²) in [5.41, 5.74) is -1.13. The molecular weight excluding hydrogens is 285 g/mol. The lowest BCUT2D eigenvalue weighted by atomic mass is 9.99. The molecule has 0 aliphatic heterocycles. The number of hydrogen-bond acceptors (Lipinski definition) is 3. The molecule has 0 aliphatic rings. The molecule has 1 atom stereocenters. The summed E-state index contributed by atoms with van der Waals surface area (Å²) in [6.45, 7) is 4.62. The molecule has 21 heavy (non-hydrogen) atoms. The Hall–Kier alpha value is -1.63. The lowest BCUT2D eigenvalue weighted by molar-refractivity contribution is -0.385. The van der Waals surface area contributed by atoms with E-state index >= 15 is 0 Å². The van der Waals surface area contributed by atoms with E-state index in [1.165, 1.54) is 6.07 Å². The Morgan fingerprint density at radius 2 is 2.00 bits per heavy atom. The zero-order chi connectivity index (χ0) is 16.0. The highest BCUT2D eigenvalue weighted by molar-refractivity contribution is 5.44. The van der Waals surface area contributed by atoms with Gasteiger partial charge in [0.1, 0.15) is 0 Å². The van der Waals surface area contributed by atoms with Gasteiger partial charge in [0.25, 0.3) is 5.69 Å². The first-order valence-corrected chi connectivity index (χ1v) is 6.87. The smallest absolute Gasteiger partial charge is 0.314 e. The Bertz CT molecular complexity index is 484. The minimum atomic E-state index is -4.58. The fourth-order valence-electron chi connectivity index (χ4n) is 2.26. The van der Waals surface area contributed by atoms with Crippen LogP contribution in [0.4, 0.5) is 18.9 Å². The third kappa shape index (κ3) is 5.00.